The highest BCUT2D eigenvalue weighted by molar-refractivity contribution is 4.79. The molecule has 1 saturated heterocycles. The third kappa shape index (κ3) is 2.42. The second kappa shape index (κ2) is 4.77. The van der Waals surface area contributed by atoms with E-state index < -0.39 is 0 Å². The molecule has 0 amide bonds. The fraction of sp³-hybridized carbons (Fsp3) is 1.00. The fourth-order valence-electron chi connectivity index (χ4n) is 1.64. The van der Waals surface area contributed by atoms with Crippen molar-refractivity contribution in [1.82, 2.24) is 4.90 Å². The maximum Gasteiger partial charge on any atom is 0.0717 e. The van der Waals surface area contributed by atoms with E-state index >= 15 is 0 Å². The van der Waals surface area contributed by atoms with Crippen LogP contribution in [0.3, 0.4) is 0 Å². The Hall–Kier alpha value is -0.160. The van der Waals surface area contributed by atoms with Gasteiger partial charge in [-0.2, -0.15) is 0 Å². The Morgan fingerprint density at radius 3 is 2.75 bits per heavy atom. The zero-order chi connectivity index (χ0) is 8.97. The SMILES string of the molecule is NCCN1CC[C@@H](CO)[C@@H](O)C1. The summed E-state index contributed by atoms with van der Waals surface area (Å²) in [7, 11) is 0. The monoisotopic (exact) mass is 174 g/mol. The van der Waals surface area contributed by atoms with Crippen LogP contribution in [0.25, 0.3) is 0 Å². The molecule has 4 nitrogen and oxygen atoms in total. The van der Waals surface area contributed by atoms with Gasteiger partial charge < -0.3 is 15.9 Å². The highest BCUT2D eigenvalue weighted by Gasteiger charge is 2.26. The number of β-amino-alcohol motifs (C(OH)–C–C–N with tert-alkyl or cyclic N) is 1. The van der Waals surface area contributed by atoms with Crippen molar-refractivity contribution in [1.29, 1.82) is 0 Å². The lowest BCUT2D eigenvalue weighted by molar-refractivity contribution is -0.000722. The average molecular weight is 174 g/mol. The summed E-state index contributed by atoms with van der Waals surface area (Å²) in [5, 5.41) is 18.4. The molecular formula is C8H18N2O2. The molecule has 0 spiro atoms. The minimum Gasteiger partial charge on any atom is -0.396 e. The predicted molar refractivity (Wildman–Crippen MR) is 46.7 cm³/mol. The van der Waals surface area contributed by atoms with Gasteiger partial charge in [0, 0.05) is 32.2 Å². The Morgan fingerprint density at radius 1 is 1.50 bits per heavy atom. The van der Waals surface area contributed by atoms with Crippen LogP contribution in [-0.4, -0.2) is 54.0 Å². The number of hydrogen-bond donors (Lipinski definition) is 3. The van der Waals surface area contributed by atoms with Crippen LogP contribution in [-0.2, 0) is 0 Å². The molecule has 0 saturated carbocycles. The molecule has 4 heteroatoms. The first-order chi connectivity index (χ1) is 5.77. The third-order valence-electron chi connectivity index (χ3n) is 2.49. The number of aliphatic hydroxyl groups is 2. The molecule has 0 bridgehead atoms. The number of hydrogen-bond acceptors (Lipinski definition) is 4. The lowest BCUT2D eigenvalue weighted by Crippen LogP contribution is -2.46. The Bertz CT molecular complexity index is 132. The van der Waals surface area contributed by atoms with Crippen LogP contribution in [0.2, 0.25) is 0 Å². The zero-order valence-corrected chi connectivity index (χ0v) is 7.32. The minimum atomic E-state index is -0.379. The van der Waals surface area contributed by atoms with Gasteiger partial charge in [0.1, 0.15) is 0 Å². The molecule has 0 aromatic carbocycles. The summed E-state index contributed by atoms with van der Waals surface area (Å²) in [4.78, 5) is 2.14. The molecule has 0 aromatic heterocycles. The van der Waals surface area contributed by atoms with Crippen molar-refractivity contribution in [2.24, 2.45) is 11.7 Å². The average Bonchev–Trinajstić information content (AvgIpc) is 2.05. The van der Waals surface area contributed by atoms with E-state index in [2.05, 4.69) is 4.90 Å². The minimum absolute atomic E-state index is 0.0685. The van der Waals surface area contributed by atoms with Gasteiger partial charge >= 0.3 is 0 Å². The Kier molecular flexibility index (Phi) is 3.94. The standard InChI is InChI=1S/C8H18N2O2/c9-2-4-10-3-1-7(6-11)8(12)5-10/h7-8,11-12H,1-6,9H2/t7-,8-/m0/s1. The number of piperidine rings is 1. The third-order valence-corrected chi connectivity index (χ3v) is 2.49. The van der Waals surface area contributed by atoms with Crippen molar-refractivity contribution in [2.45, 2.75) is 12.5 Å². The maximum absolute atomic E-state index is 9.52. The Labute approximate surface area is 73.0 Å². The summed E-state index contributed by atoms with van der Waals surface area (Å²) in [6.07, 6.45) is 0.493. The normalized spacial score (nSPS) is 32.2. The molecule has 1 fully saturated rings. The van der Waals surface area contributed by atoms with E-state index in [1.807, 2.05) is 0 Å². The van der Waals surface area contributed by atoms with Crippen molar-refractivity contribution >= 4 is 0 Å². The van der Waals surface area contributed by atoms with Crippen LogP contribution in [0, 0.1) is 5.92 Å². The maximum atomic E-state index is 9.52. The first kappa shape index (κ1) is 9.92. The van der Waals surface area contributed by atoms with Crippen molar-refractivity contribution in [3.05, 3.63) is 0 Å². The van der Waals surface area contributed by atoms with Gasteiger partial charge in [0.05, 0.1) is 6.10 Å². The molecule has 1 aliphatic heterocycles. The van der Waals surface area contributed by atoms with Crippen LogP contribution in [0.4, 0.5) is 0 Å². The fourth-order valence-corrected chi connectivity index (χ4v) is 1.64. The van der Waals surface area contributed by atoms with Crippen molar-refractivity contribution in [2.75, 3.05) is 32.8 Å². The van der Waals surface area contributed by atoms with E-state index in [9.17, 15) is 5.11 Å². The van der Waals surface area contributed by atoms with E-state index in [1.54, 1.807) is 0 Å². The summed E-state index contributed by atoms with van der Waals surface area (Å²) >= 11 is 0. The lowest BCUT2D eigenvalue weighted by atomic mass is 9.95. The van der Waals surface area contributed by atoms with Gasteiger partial charge in [0.2, 0.25) is 0 Å². The summed E-state index contributed by atoms with van der Waals surface area (Å²) in [6, 6.07) is 0. The van der Waals surface area contributed by atoms with E-state index in [0.717, 1.165) is 19.5 Å². The van der Waals surface area contributed by atoms with Crippen molar-refractivity contribution in [3.63, 3.8) is 0 Å². The molecule has 4 N–H and O–H groups in total. The summed E-state index contributed by atoms with van der Waals surface area (Å²) < 4.78 is 0. The van der Waals surface area contributed by atoms with Crippen molar-refractivity contribution < 1.29 is 10.2 Å². The number of rotatable bonds is 3. The highest BCUT2D eigenvalue weighted by atomic mass is 16.3. The summed E-state index contributed by atoms with van der Waals surface area (Å²) in [6.45, 7) is 3.17. The van der Waals surface area contributed by atoms with Gasteiger partial charge in [0.15, 0.2) is 0 Å². The highest BCUT2D eigenvalue weighted by Crippen LogP contribution is 2.16. The van der Waals surface area contributed by atoms with Crippen LogP contribution in [0.1, 0.15) is 6.42 Å². The van der Waals surface area contributed by atoms with Crippen LogP contribution in [0.15, 0.2) is 0 Å². The van der Waals surface area contributed by atoms with E-state index in [1.165, 1.54) is 0 Å². The van der Waals surface area contributed by atoms with Gasteiger partial charge in [0.25, 0.3) is 0 Å². The molecule has 0 aromatic rings. The molecule has 0 aliphatic carbocycles. The topological polar surface area (TPSA) is 69.7 Å². The van der Waals surface area contributed by atoms with Gasteiger partial charge in [-0.15, -0.1) is 0 Å². The molecule has 1 heterocycles. The smallest absolute Gasteiger partial charge is 0.0717 e. The molecule has 72 valence electrons. The second-order valence-corrected chi connectivity index (χ2v) is 3.39. The van der Waals surface area contributed by atoms with Crippen LogP contribution in [0.5, 0.6) is 0 Å². The molecule has 0 unspecified atom stereocenters. The lowest BCUT2D eigenvalue weighted by Gasteiger charge is -2.34. The van der Waals surface area contributed by atoms with Gasteiger partial charge in [-0.05, 0) is 13.0 Å². The first-order valence-electron chi connectivity index (χ1n) is 4.49. The van der Waals surface area contributed by atoms with Crippen LogP contribution < -0.4 is 5.73 Å². The van der Waals surface area contributed by atoms with Crippen molar-refractivity contribution in [3.8, 4) is 0 Å². The molecule has 2 atom stereocenters. The van der Waals surface area contributed by atoms with Crippen LogP contribution >= 0.6 is 0 Å². The molecule has 1 rings (SSSR count). The Morgan fingerprint density at radius 2 is 2.25 bits per heavy atom. The molecule has 12 heavy (non-hydrogen) atoms. The summed E-state index contributed by atoms with van der Waals surface area (Å²) in [5.74, 6) is 0.0685. The Balaban J connectivity index is 2.30. The zero-order valence-electron chi connectivity index (χ0n) is 7.32. The molecule has 0 radical (unpaired) electrons. The number of likely N-dealkylation sites (tertiary alicyclic amines) is 1. The van der Waals surface area contributed by atoms with Gasteiger partial charge in [-0.3, -0.25) is 4.90 Å². The largest absolute Gasteiger partial charge is 0.396 e. The van der Waals surface area contributed by atoms with Gasteiger partial charge in [-0.25, -0.2) is 0 Å². The molecular weight excluding hydrogens is 156 g/mol. The van der Waals surface area contributed by atoms with E-state index in [-0.39, 0.29) is 18.6 Å². The number of aliphatic hydroxyl groups excluding tert-OH is 2. The van der Waals surface area contributed by atoms with E-state index in [4.69, 9.17) is 10.8 Å². The quantitative estimate of drug-likeness (QED) is 0.493. The van der Waals surface area contributed by atoms with E-state index in [0.29, 0.717) is 13.1 Å². The number of nitrogens with zero attached hydrogens (tertiary/aromatic N) is 1. The second-order valence-electron chi connectivity index (χ2n) is 3.39. The van der Waals surface area contributed by atoms with Gasteiger partial charge in [-0.1, -0.05) is 0 Å². The summed E-state index contributed by atoms with van der Waals surface area (Å²) in [5.41, 5.74) is 5.40. The first-order valence-corrected chi connectivity index (χ1v) is 4.49. The molecule has 1 aliphatic rings. The predicted octanol–water partition coefficient (Wildman–Crippen LogP) is -1.38. The number of nitrogens with two attached hydrogens (primary N) is 1.